The number of urea groups is 1. The van der Waals surface area contributed by atoms with Gasteiger partial charge >= 0.3 is 30.2 Å². The maximum Gasteiger partial charge on any atom is 0.415 e. The van der Waals surface area contributed by atoms with Crippen LogP contribution in [0.2, 0.25) is 0 Å². The van der Waals surface area contributed by atoms with Crippen molar-refractivity contribution in [2.45, 2.75) is 77.0 Å². The largest absolute Gasteiger partial charge is 0.493 e. The summed E-state index contributed by atoms with van der Waals surface area (Å²) >= 11 is 6.56. The molecule has 1 fully saturated rings. The van der Waals surface area contributed by atoms with E-state index in [0.717, 1.165) is 0 Å². The first-order valence-electron chi connectivity index (χ1n) is 30.5. The maximum absolute atomic E-state index is 14.5. The van der Waals surface area contributed by atoms with E-state index in [-0.39, 0.29) is 119 Å². The number of carboxylic acid groups (broad SMARTS) is 1. The van der Waals surface area contributed by atoms with Crippen molar-refractivity contribution in [3.05, 3.63) is 71.0 Å². The molecule has 0 radical (unpaired) electrons. The number of fused-ring (bicyclic) bond motifs is 4. The van der Waals surface area contributed by atoms with Crippen LogP contribution < -0.4 is 50.8 Å². The van der Waals surface area contributed by atoms with Gasteiger partial charge in [0.25, 0.3) is 5.91 Å². The van der Waals surface area contributed by atoms with Gasteiger partial charge in [-0.2, -0.15) is 0 Å². The number of carbonyl (C=O) groups excluding carboxylic acids is 9. The van der Waals surface area contributed by atoms with E-state index in [1.807, 2.05) is 0 Å². The molecule has 4 heterocycles. The molecule has 31 heteroatoms. The number of halogens is 1. The lowest BCUT2D eigenvalue weighted by Crippen LogP contribution is -2.54. The van der Waals surface area contributed by atoms with Crippen LogP contribution in [-0.4, -0.2) is 216 Å². The van der Waals surface area contributed by atoms with Crippen molar-refractivity contribution >= 4 is 104 Å². The van der Waals surface area contributed by atoms with Gasteiger partial charge in [-0.3, -0.25) is 28.8 Å². The number of nitrogens with zero attached hydrogens (tertiary/aromatic N) is 4. The van der Waals surface area contributed by atoms with Crippen LogP contribution in [-0.2, 0) is 49.5 Å². The van der Waals surface area contributed by atoms with Crippen molar-refractivity contribution in [3.63, 3.8) is 0 Å². The number of esters is 1. The number of nitrogens with two attached hydrogens (primary N) is 1. The number of nitrogens with one attached hydrogen (secondary N) is 6. The van der Waals surface area contributed by atoms with Crippen LogP contribution >= 0.6 is 11.6 Å². The molecule has 0 spiro atoms. The summed E-state index contributed by atoms with van der Waals surface area (Å²) in [7, 11) is 8.60. The van der Waals surface area contributed by atoms with Gasteiger partial charge in [0, 0.05) is 94.1 Å². The van der Waals surface area contributed by atoms with Crippen LogP contribution in [0.15, 0.2) is 48.5 Å². The summed E-state index contributed by atoms with van der Waals surface area (Å²) in [5.74, 6) is -3.95. The Labute approximate surface area is 546 Å². The van der Waals surface area contributed by atoms with Crippen molar-refractivity contribution in [1.82, 2.24) is 40.6 Å². The second kappa shape index (κ2) is 33.9. The van der Waals surface area contributed by atoms with E-state index in [1.54, 1.807) is 61.2 Å². The Hall–Kier alpha value is -9.55. The average molecular weight is 1330 g/mol. The summed E-state index contributed by atoms with van der Waals surface area (Å²) in [6.45, 7) is 4.75. The number of hydrogen-bond acceptors (Lipinski definition) is 18. The number of amides is 9. The Morgan fingerprint density at radius 2 is 1.43 bits per heavy atom. The van der Waals surface area contributed by atoms with Crippen LogP contribution in [0, 0.1) is 11.8 Å². The van der Waals surface area contributed by atoms with Crippen molar-refractivity contribution in [2.24, 2.45) is 17.6 Å². The summed E-state index contributed by atoms with van der Waals surface area (Å²) in [4.78, 5) is 142. The molecule has 2 aromatic heterocycles. The highest BCUT2D eigenvalue weighted by molar-refractivity contribution is 6.19. The molecule has 9 amide bonds. The number of piperidine rings is 1. The van der Waals surface area contributed by atoms with Gasteiger partial charge in [0.15, 0.2) is 17.2 Å². The number of likely N-dealkylation sites (tertiary alicyclic amines) is 1. The topological polar surface area (TPSA) is 383 Å². The number of rotatable bonds is 32. The predicted octanol–water partition coefficient (Wildman–Crippen LogP) is 5.29. The van der Waals surface area contributed by atoms with Gasteiger partial charge in [0.1, 0.15) is 30.1 Å². The quantitative estimate of drug-likeness (QED) is 0.0154. The Morgan fingerprint density at radius 1 is 0.766 bits per heavy atom. The van der Waals surface area contributed by atoms with E-state index in [4.69, 9.17) is 55.2 Å². The number of hydrogen-bond donors (Lipinski definition) is 8. The van der Waals surface area contributed by atoms with Crippen molar-refractivity contribution < 1.29 is 90.9 Å². The number of alkyl halides is 1. The fourth-order valence-corrected chi connectivity index (χ4v) is 11.0. The van der Waals surface area contributed by atoms with Gasteiger partial charge in [-0.1, -0.05) is 26.0 Å². The van der Waals surface area contributed by atoms with Gasteiger partial charge in [0.05, 0.1) is 83.9 Å². The Balaban J connectivity index is 0.885. The highest BCUT2D eigenvalue weighted by Crippen LogP contribution is 2.48. The number of primary amides is 1. The van der Waals surface area contributed by atoms with Gasteiger partial charge in [-0.15, -0.1) is 11.6 Å². The standard InChI is InChI=1S/C63H82ClN11O19/c1-35(2)51(71-56(78)42(10-9-19-66-61(65)84)68-48(76)17-24-91-26-27-92-25-18-49(77)74-20-15-37(16-21-74)59(81)82)57(79)67-40-13-11-36(12-14-40)34-93-62(85)72(3)22-23-73(4)63(86)94-46-31-45-50(41-30-44(60(83)90-8)70-53(41)46)39(32-64)33-75(45)58(80)43-28-38-29-47(87-5)54(88-6)55(89-7)52(38)69-43/h11-14,28-31,35,37,39,42,51,69-70H,9-10,15-27,32-34H2,1-8H3,(H,67,79)(H,68,76)(H,71,78)(H,81,82)(H3,65,66,84)/t39-,42+,51+/m1/s1. The molecular weight excluding hydrogens is 1250 g/mol. The van der Waals surface area contributed by atoms with Crippen LogP contribution in [0.25, 0.3) is 21.8 Å². The van der Waals surface area contributed by atoms with E-state index in [2.05, 4.69) is 31.2 Å². The van der Waals surface area contributed by atoms with Crippen molar-refractivity contribution in [1.29, 1.82) is 0 Å². The molecule has 1 saturated heterocycles. The summed E-state index contributed by atoms with van der Waals surface area (Å²) in [5.41, 5.74) is 8.17. The van der Waals surface area contributed by atoms with Gasteiger partial charge in [-0.05, 0) is 73.1 Å². The van der Waals surface area contributed by atoms with Crippen LogP contribution in [0.1, 0.15) is 90.4 Å². The smallest absolute Gasteiger partial charge is 0.415 e. The highest BCUT2D eigenvalue weighted by atomic mass is 35.5. The zero-order valence-electron chi connectivity index (χ0n) is 53.8. The minimum atomic E-state index is -1.10. The monoisotopic (exact) mass is 1330 g/mol. The van der Waals surface area contributed by atoms with Gasteiger partial charge < -0.3 is 99.6 Å². The van der Waals surface area contributed by atoms with E-state index in [1.165, 1.54) is 63.3 Å². The third-order valence-corrected chi connectivity index (χ3v) is 16.4. The van der Waals surface area contributed by atoms with Crippen molar-refractivity contribution in [2.75, 3.05) is 124 Å². The second-order valence-corrected chi connectivity index (χ2v) is 23.1. The van der Waals surface area contributed by atoms with Gasteiger partial charge in [0.2, 0.25) is 29.4 Å². The Kier molecular flexibility index (Phi) is 25.9. The number of ether oxygens (including phenoxy) is 8. The van der Waals surface area contributed by atoms with Crippen molar-refractivity contribution in [3.8, 4) is 23.0 Å². The number of H-pyrrole nitrogens is 2. The van der Waals surface area contributed by atoms with E-state index in [0.29, 0.717) is 82.0 Å². The third kappa shape index (κ3) is 18.4. The molecule has 2 aliphatic heterocycles. The molecule has 0 bridgehead atoms. The molecule has 0 unspecified atom stereocenters. The number of aromatic nitrogens is 2. The molecule has 9 N–H and O–H groups in total. The van der Waals surface area contributed by atoms with Gasteiger partial charge in [-0.25, -0.2) is 19.2 Å². The number of carboxylic acids is 1. The van der Waals surface area contributed by atoms with Crippen LogP contribution in [0.4, 0.5) is 25.8 Å². The lowest BCUT2D eigenvalue weighted by Gasteiger charge is -2.30. The number of benzene rings is 3. The highest BCUT2D eigenvalue weighted by Gasteiger charge is 2.38. The first kappa shape index (κ1) is 71.9. The molecule has 5 aromatic rings. The maximum atomic E-state index is 14.5. The molecule has 0 aliphatic carbocycles. The van der Waals surface area contributed by atoms with Crippen LogP contribution in [0.5, 0.6) is 23.0 Å². The minimum absolute atomic E-state index is 0.00462. The number of aliphatic carboxylic acids is 1. The molecule has 7 rings (SSSR count). The molecule has 510 valence electrons. The average Bonchev–Trinajstić information content (AvgIpc) is 1.58. The van der Waals surface area contributed by atoms with E-state index in [9.17, 15) is 53.1 Å². The lowest BCUT2D eigenvalue weighted by molar-refractivity contribution is -0.146. The molecule has 3 aromatic carbocycles. The number of methoxy groups -OCH3 is 4. The second-order valence-electron chi connectivity index (χ2n) is 22.8. The lowest BCUT2D eigenvalue weighted by atomic mass is 9.97. The number of anilines is 2. The SMILES string of the molecule is COC(=O)c1cc2c3c(cc(OC(=O)N(C)CCN(C)C(=O)OCc4ccc(NC(=O)[C@@H](NC(=O)[C@H](CCCNC(N)=O)NC(=O)CCOCCOCCC(=O)N5CCC(C(=O)O)CC5)C(C)C)cc4)c2[nH]1)N(C(=O)c1cc2cc(OC)c(OC)c(OC)c2[nH]1)C[C@H]3CCl. The predicted molar refractivity (Wildman–Crippen MR) is 343 cm³/mol. The number of aromatic amines is 2. The fourth-order valence-electron chi connectivity index (χ4n) is 10.8. The van der Waals surface area contributed by atoms with Crippen LogP contribution in [0.3, 0.4) is 0 Å². The third-order valence-electron chi connectivity index (χ3n) is 16.0. The normalized spacial score (nSPS) is 14.3. The summed E-state index contributed by atoms with van der Waals surface area (Å²) < 4.78 is 44.3. The van der Waals surface area contributed by atoms with E-state index < -0.39 is 83.6 Å². The molecular formula is C63H82ClN11O19. The summed E-state index contributed by atoms with van der Waals surface area (Å²) in [6.07, 6.45) is -0.364. The molecule has 0 saturated carbocycles. The Morgan fingerprint density at radius 3 is 2.04 bits per heavy atom. The molecule has 94 heavy (non-hydrogen) atoms. The zero-order chi connectivity index (χ0) is 68.3. The fraction of sp³-hybridized carbons (Fsp3) is 0.492. The molecule has 2 aliphatic rings. The first-order chi connectivity index (χ1) is 45.0. The number of carbonyl (C=O) groups is 10. The molecule has 30 nitrogen and oxygen atoms in total. The minimum Gasteiger partial charge on any atom is -0.493 e. The summed E-state index contributed by atoms with van der Waals surface area (Å²) in [5, 5.41) is 20.9. The first-order valence-corrected chi connectivity index (χ1v) is 31.0. The van der Waals surface area contributed by atoms with E-state index >= 15 is 0 Å². The zero-order valence-corrected chi connectivity index (χ0v) is 54.5. The molecule has 3 atom stereocenters. The Bertz CT molecular complexity index is 3550. The number of likely N-dealkylation sites (N-methyl/N-ethyl adjacent to an activating group) is 2. The summed E-state index contributed by atoms with van der Waals surface area (Å²) in [6, 6.07) is 9.97.